The molecule has 14 heavy (non-hydrogen) atoms. The van der Waals surface area contributed by atoms with Crippen LogP contribution in [0.2, 0.25) is 0 Å². The van der Waals surface area contributed by atoms with Gasteiger partial charge in [0.25, 0.3) is 0 Å². The van der Waals surface area contributed by atoms with Crippen LogP contribution in [0.15, 0.2) is 18.2 Å². The van der Waals surface area contributed by atoms with Crippen LogP contribution in [-0.4, -0.2) is 13.7 Å². The van der Waals surface area contributed by atoms with E-state index in [-0.39, 0.29) is 0 Å². The lowest BCUT2D eigenvalue weighted by Gasteiger charge is -2.15. The van der Waals surface area contributed by atoms with Crippen molar-refractivity contribution >= 4 is 5.69 Å². The fourth-order valence-electron chi connectivity index (χ4n) is 2.10. The number of ether oxygens (including phenoxy) is 1. The topological polar surface area (TPSA) is 21.3 Å². The Morgan fingerprint density at radius 2 is 2.29 bits per heavy atom. The van der Waals surface area contributed by atoms with Crippen molar-refractivity contribution in [3.05, 3.63) is 23.8 Å². The van der Waals surface area contributed by atoms with Crippen LogP contribution in [0.1, 0.15) is 31.2 Å². The summed E-state index contributed by atoms with van der Waals surface area (Å²) in [7, 11) is 1.73. The van der Waals surface area contributed by atoms with E-state index in [1.807, 2.05) is 6.07 Å². The van der Waals surface area contributed by atoms with E-state index in [1.165, 1.54) is 24.1 Å². The number of fused-ring (bicyclic) bond motifs is 1. The molecular weight excluding hydrogens is 174 g/mol. The van der Waals surface area contributed by atoms with Gasteiger partial charge in [-0.15, -0.1) is 0 Å². The van der Waals surface area contributed by atoms with Gasteiger partial charge in [0, 0.05) is 6.54 Å². The molecule has 1 aliphatic heterocycles. The number of nitrogens with one attached hydrogen (secondary N) is 1. The molecule has 1 heterocycles. The fraction of sp³-hybridized carbons (Fsp3) is 0.500. The lowest BCUT2D eigenvalue weighted by Crippen LogP contribution is -2.02. The Balaban J connectivity index is 2.46. The number of benzene rings is 1. The summed E-state index contributed by atoms with van der Waals surface area (Å²) < 4.78 is 5.35. The van der Waals surface area contributed by atoms with Crippen LogP contribution in [0.5, 0.6) is 5.75 Å². The largest absolute Gasteiger partial charge is 0.495 e. The average Bonchev–Trinajstić information content (AvgIpc) is 2.41. The number of methoxy groups -OCH3 is 1. The van der Waals surface area contributed by atoms with Crippen LogP contribution in [0.25, 0.3) is 0 Å². The molecule has 0 saturated heterocycles. The standard InChI is InChI=1S/C12H17NO/c1-9-5-4-8-13-12-10(9)6-3-7-11(12)14-2/h3,6-7,9,13H,4-5,8H2,1-2H3. The molecule has 76 valence electrons. The summed E-state index contributed by atoms with van der Waals surface area (Å²) in [6, 6.07) is 6.28. The molecule has 0 amide bonds. The highest BCUT2D eigenvalue weighted by atomic mass is 16.5. The Morgan fingerprint density at radius 1 is 1.43 bits per heavy atom. The molecule has 0 fully saturated rings. The zero-order valence-electron chi connectivity index (χ0n) is 8.84. The van der Waals surface area contributed by atoms with Gasteiger partial charge in [0.05, 0.1) is 12.8 Å². The van der Waals surface area contributed by atoms with Crippen molar-refractivity contribution in [1.82, 2.24) is 0 Å². The highest BCUT2D eigenvalue weighted by Crippen LogP contribution is 2.36. The smallest absolute Gasteiger partial charge is 0.142 e. The molecule has 1 aromatic rings. The summed E-state index contributed by atoms with van der Waals surface area (Å²) in [4.78, 5) is 0. The van der Waals surface area contributed by atoms with E-state index in [4.69, 9.17) is 4.74 Å². The van der Waals surface area contributed by atoms with E-state index in [0.717, 1.165) is 12.3 Å². The molecule has 0 aromatic heterocycles. The van der Waals surface area contributed by atoms with E-state index < -0.39 is 0 Å². The Hall–Kier alpha value is -1.18. The first-order valence-corrected chi connectivity index (χ1v) is 5.23. The summed E-state index contributed by atoms with van der Waals surface area (Å²) in [6.07, 6.45) is 2.49. The molecule has 0 saturated carbocycles. The van der Waals surface area contributed by atoms with Gasteiger partial charge in [-0.2, -0.15) is 0 Å². The van der Waals surface area contributed by atoms with Gasteiger partial charge in [-0.1, -0.05) is 19.1 Å². The van der Waals surface area contributed by atoms with Crippen LogP contribution >= 0.6 is 0 Å². The fourth-order valence-corrected chi connectivity index (χ4v) is 2.10. The molecule has 1 aromatic carbocycles. The number of para-hydroxylation sites is 1. The van der Waals surface area contributed by atoms with Gasteiger partial charge < -0.3 is 10.1 Å². The van der Waals surface area contributed by atoms with Crippen molar-refractivity contribution in [3.8, 4) is 5.75 Å². The van der Waals surface area contributed by atoms with Crippen molar-refractivity contribution in [1.29, 1.82) is 0 Å². The van der Waals surface area contributed by atoms with Crippen molar-refractivity contribution in [2.45, 2.75) is 25.7 Å². The lowest BCUT2D eigenvalue weighted by atomic mass is 9.96. The monoisotopic (exact) mass is 191 g/mol. The molecule has 0 spiro atoms. The molecule has 2 rings (SSSR count). The van der Waals surface area contributed by atoms with E-state index >= 15 is 0 Å². The van der Waals surface area contributed by atoms with Gasteiger partial charge in [0.15, 0.2) is 0 Å². The first-order valence-electron chi connectivity index (χ1n) is 5.23. The van der Waals surface area contributed by atoms with Crippen LogP contribution in [-0.2, 0) is 0 Å². The van der Waals surface area contributed by atoms with Gasteiger partial charge in [0.1, 0.15) is 5.75 Å². The molecule has 1 unspecified atom stereocenters. The zero-order chi connectivity index (χ0) is 9.97. The minimum Gasteiger partial charge on any atom is -0.495 e. The van der Waals surface area contributed by atoms with Crippen molar-refractivity contribution in [3.63, 3.8) is 0 Å². The van der Waals surface area contributed by atoms with Crippen molar-refractivity contribution < 1.29 is 4.74 Å². The summed E-state index contributed by atoms with van der Waals surface area (Å²) in [6.45, 7) is 3.34. The lowest BCUT2D eigenvalue weighted by molar-refractivity contribution is 0.416. The Morgan fingerprint density at radius 3 is 3.07 bits per heavy atom. The normalized spacial score (nSPS) is 20.6. The number of hydrogen-bond donors (Lipinski definition) is 1. The quantitative estimate of drug-likeness (QED) is 0.736. The summed E-state index contributed by atoms with van der Waals surface area (Å²) in [5, 5.41) is 3.45. The predicted molar refractivity (Wildman–Crippen MR) is 59.1 cm³/mol. The van der Waals surface area contributed by atoms with E-state index in [9.17, 15) is 0 Å². The van der Waals surface area contributed by atoms with Gasteiger partial charge in [-0.3, -0.25) is 0 Å². The van der Waals surface area contributed by atoms with Crippen LogP contribution in [0.4, 0.5) is 5.69 Å². The molecule has 0 bridgehead atoms. The molecule has 0 radical (unpaired) electrons. The third-order valence-corrected chi connectivity index (χ3v) is 2.92. The Kier molecular flexibility index (Phi) is 2.62. The summed E-state index contributed by atoms with van der Waals surface area (Å²) in [5.74, 6) is 1.60. The zero-order valence-corrected chi connectivity index (χ0v) is 8.84. The van der Waals surface area contributed by atoms with Crippen LogP contribution in [0.3, 0.4) is 0 Å². The van der Waals surface area contributed by atoms with Gasteiger partial charge in [-0.25, -0.2) is 0 Å². The van der Waals surface area contributed by atoms with E-state index in [2.05, 4.69) is 24.4 Å². The average molecular weight is 191 g/mol. The molecule has 0 aliphatic carbocycles. The highest BCUT2D eigenvalue weighted by Gasteiger charge is 2.16. The minimum absolute atomic E-state index is 0.634. The molecular formula is C12H17NO. The molecule has 1 atom stereocenters. The molecule has 1 N–H and O–H groups in total. The first kappa shape index (κ1) is 9.38. The van der Waals surface area contributed by atoms with Gasteiger partial charge >= 0.3 is 0 Å². The van der Waals surface area contributed by atoms with Gasteiger partial charge in [-0.05, 0) is 30.4 Å². The second-order valence-corrected chi connectivity index (χ2v) is 3.89. The SMILES string of the molecule is COc1cccc2c1NCCCC2C. The summed E-state index contributed by atoms with van der Waals surface area (Å²) in [5.41, 5.74) is 2.59. The molecule has 2 heteroatoms. The number of hydrogen-bond acceptors (Lipinski definition) is 2. The van der Waals surface area contributed by atoms with E-state index in [1.54, 1.807) is 7.11 Å². The third kappa shape index (κ3) is 1.57. The Bertz CT molecular complexity index is 322. The number of anilines is 1. The minimum atomic E-state index is 0.634. The van der Waals surface area contributed by atoms with E-state index in [0.29, 0.717) is 5.92 Å². The maximum Gasteiger partial charge on any atom is 0.142 e. The van der Waals surface area contributed by atoms with Crippen LogP contribution < -0.4 is 10.1 Å². The second-order valence-electron chi connectivity index (χ2n) is 3.89. The Labute approximate surface area is 85.3 Å². The maximum absolute atomic E-state index is 5.35. The summed E-state index contributed by atoms with van der Waals surface area (Å²) >= 11 is 0. The van der Waals surface area contributed by atoms with Crippen molar-refractivity contribution in [2.75, 3.05) is 19.0 Å². The molecule has 2 nitrogen and oxygen atoms in total. The maximum atomic E-state index is 5.35. The highest BCUT2D eigenvalue weighted by molar-refractivity contribution is 5.63. The van der Waals surface area contributed by atoms with Crippen LogP contribution in [0, 0.1) is 0 Å². The first-order chi connectivity index (χ1) is 6.83. The third-order valence-electron chi connectivity index (χ3n) is 2.92. The number of rotatable bonds is 1. The van der Waals surface area contributed by atoms with Crippen molar-refractivity contribution in [2.24, 2.45) is 0 Å². The predicted octanol–water partition coefficient (Wildman–Crippen LogP) is 3.00. The molecule has 1 aliphatic rings. The second kappa shape index (κ2) is 3.91. The van der Waals surface area contributed by atoms with Gasteiger partial charge in [0.2, 0.25) is 0 Å².